The van der Waals surface area contributed by atoms with Crippen molar-refractivity contribution < 1.29 is 9.63 Å². The van der Waals surface area contributed by atoms with Crippen LogP contribution >= 0.6 is 0 Å². The van der Waals surface area contributed by atoms with Crippen LogP contribution in [0.4, 0.5) is 0 Å². The average Bonchev–Trinajstić information content (AvgIpc) is 2.82. The van der Waals surface area contributed by atoms with Crippen molar-refractivity contribution in [3.8, 4) is 0 Å². The predicted octanol–water partition coefficient (Wildman–Crippen LogP) is 4.14. The summed E-state index contributed by atoms with van der Waals surface area (Å²) in [5.74, 6) is 0.641. The molecule has 3 rings (SSSR count). The first-order chi connectivity index (χ1) is 16.0. The first-order valence-electron chi connectivity index (χ1n) is 11.7. The number of hydrogen-bond donors (Lipinski definition) is 1. The van der Waals surface area contributed by atoms with Gasteiger partial charge in [-0.2, -0.15) is 0 Å². The Hall–Kier alpha value is -2.96. The lowest BCUT2D eigenvalue weighted by Gasteiger charge is -2.35. The highest BCUT2D eigenvalue weighted by Gasteiger charge is 2.18. The van der Waals surface area contributed by atoms with Gasteiger partial charge in [0.2, 0.25) is 0 Å². The summed E-state index contributed by atoms with van der Waals surface area (Å²) in [6.07, 6.45) is 15.2. The molecule has 1 unspecified atom stereocenters. The number of carbonyl (C=O) groups is 1. The topological polar surface area (TPSA) is 57.2 Å². The highest BCUT2D eigenvalue weighted by atomic mass is 16.6. The maximum absolute atomic E-state index is 12.3. The van der Waals surface area contributed by atoms with E-state index in [1.165, 1.54) is 0 Å². The number of oxime groups is 1. The lowest BCUT2D eigenvalue weighted by atomic mass is 10.0. The molecule has 1 amide bonds. The molecule has 1 aromatic carbocycles. The SMILES string of the molecule is C/C=C\C(C=C/C=C/C1=CCC(c2cccc(C(=O)NC(C)C)c2)=NO1)N1CCN(C)CC1. The molecule has 0 radical (unpaired) electrons. The molecule has 2 heterocycles. The van der Waals surface area contributed by atoms with E-state index in [-0.39, 0.29) is 11.9 Å². The van der Waals surface area contributed by atoms with Gasteiger partial charge in [0.1, 0.15) is 0 Å². The molecule has 1 fully saturated rings. The van der Waals surface area contributed by atoms with E-state index in [1.54, 1.807) is 0 Å². The van der Waals surface area contributed by atoms with Crippen molar-refractivity contribution in [1.82, 2.24) is 15.1 Å². The van der Waals surface area contributed by atoms with E-state index in [2.05, 4.69) is 58.5 Å². The minimum atomic E-state index is -0.0806. The summed E-state index contributed by atoms with van der Waals surface area (Å²) in [6.45, 7) is 10.3. The molecule has 0 spiro atoms. The average molecular weight is 449 g/mol. The van der Waals surface area contributed by atoms with E-state index < -0.39 is 0 Å². The van der Waals surface area contributed by atoms with Crippen molar-refractivity contribution in [2.45, 2.75) is 39.3 Å². The summed E-state index contributed by atoms with van der Waals surface area (Å²) in [4.78, 5) is 22.7. The van der Waals surface area contributed by atoms with Crippen LogP contribution < -0.4 is 5.32 Å². The van der Waals surface area contributed by atoms with E-state index in [9.17, 15) is 4.79 Å². The van der Waals surface area contributed by atoms with E-state index in [0.717, 1.165) is 43.2 Å². The lowest BCUT2D eigenvalue weighted by Crippen LogP contribution is -2.47. The van der Waals surface area contributed by atoms with Crippen LogP contribution in [0.1, 0.15) is 43.1 Å². The first kappa shape index (κ1) is 24.7. The number of rotatable bonds is 8. The van der Waals surface area contributed by atoms with Crippen LogP contribution in [0.25, 0.3) is 0 Å². The Bertz CT molecular complexity index is 951. The highest BCUT2D eigenvalue weighted by Crippen LogP contribution is 2.17. The van der Waals surface area contributed by atoms with Gasteiger partial charge >= 0.3 is 0 Å². The van der Waals surface area contributed by atoms with Crippen LogP contribution in [0, 0.1) is 0 Å². The van der Waals surface area contributed by atoms with Crippen molar-refractivity contribution in [1.29, 1.82) is 0 Å². The fourth-order valence-corrected chi connectivity index (χ4v) is 3.79. The van der Waals surface area contributed by atoms with Crippen LogP contribution in [-0.2, 0) is 4.84 Å². The van der Waals surface area contributed by atoms with Crippen molar-refractivity contribution in [3.63, 3.8) is 0 Å². The Kier molecular flexibility index (Phi) is 9.22. The number of allylic oxidation sites excluding steroid dienone is 5. The quantitative estimate of drug-likeness (QED) is 0.480. The second-order valence-electron chi connectivity index (χ2n) is 8.75. The smallest absolute Gasteiger partial charge is 0.251 e. The fraction of sp³-hybridized carbons (Fsp3) is 0.407. The Morgan fingerprint density at radius 3 is 2.61 bits per heavy atom. The molecule has 6 heteroatoms. The minimum Gasteiger partial charge on any atom is -0.357 e. The zero-order valence-corrected chi connectivity index (χ0v) is 20.2. The normalized spacial score (nSPS) is 19.2. The van der Waals surface area contributed by atoms with Crippen LogP contribution in [0.2, 0.25) is 0 Å². The summed E-state index contributed by atoms with van der Waals surface area (Å²) in [6, 6.07) is 7.89. The Labute approximate surface area is 198 Å². The summed E-state index contributed by atoms with van der Waals surface area (Å²) >= 11 is 0. The standard InChI is InChI=1S/C27H36N4O2/c1-5-9-24(31-18-16-30(4)17-19-31)12-6-7-13-25-14-15-26(29-33-25)22-10-8-11-23(20-22)27(32)28-21(2)3/h5-14,20-21,24H,15-19H2,1-4H3,(H,28,32)/b9-5-,12-6?,13-7+. The van der Waals surface area contributed by atoms with E-state index >= 15 is 0 Å². The molecule has 176 valence electrons. The Morgan fingerprint density at radius 1 is 1.15 bits per heavy atom. The number of nitrogens with one attached hydrogen (secondary N) is 1. The van der Waals surface area contributed by atoms with Gasteiger partial charge in [0.25, 0.3) is 5.91 Å². The number of amides is 1. The molecule has 33 heavy (non-hydrogen) atoms. The third-order valence-electron chi connectivity index (χ3n) is 5.66. The van der Waals surface area contributed by atoms with Gasteiger partial charge < -0.3 is 15.1 Å². The minimum absolute atomic E-state index is 0.0806. The predicted molar refractivity (Wildman–Crippen MR) is 135 cm³/mol. The van der Waals surface area contributed by atoms with Crippen molar-refractivity contribution in [2.75, 3.05) is 33.2 Å². The van der Waals surface area contributed by atoms with Gasteiger partial charge in [-0.15, -0.1) is 0 Å². The second kappa shape index (κ2) is 12.3. The molecule has 1 atom stereocenters. The number of benzene rings is 1. The lowest BCUT2D eigenvalue weighted by molar-refractivity contribution is 0.0943. The van der Waals surface area contributed by atoms with Gasteiger partial charge in [-0.25, -0.2) is 0 Å². The van der Waals surface area contributed by atoms with Crippen LogP contribution in [0.5, 0.6) is 0 Å². The van der Waals surface area contributed by atoms with Gasteiger partial charge in [0.15, 0.2) is 5.76 Å². The van der Waals surface area contributed by atoms with Crippen LogP contribution in [0.15, 0.2) is 77.7 Å². The van der Waals surface area contributed by atoms with Crippen molar-refractivity contribution in [3.05, 3.63) is 83.7 Å². The maximum atomic E-state index is 12.3. The summed E-state index contributed by atoms with van der Waals surface area (Å²) < 4.78 is 0. The van der Waals surface area contributed by atoms with E-state index in [1.807, 2.05) is 56.3 Å². The molecular weight excluding hydrogens is 412 g/mol. The molecule has 1 aromatic rings. The van der Waals surface area contributed by atoms with E-state index in [4.69, 9.17) is 4.84 Å². The molecule has 2 aliphatic rings. The van der Waals surface area contributed by atoms with Gasteiger partial charge in [-0.3, -0.25) is 9.69 Å². The molecule has 0 bridgehead atoms. The zero-order valence-electron chi connectivity index (χ0n) is 20.2. The van der Waals surface area contributed by atoms with Crippen LogP contribution in [-0.4, -0.2) is 66.7 Å². The monoisotopic (exact) mass is 448 g/mol. The highest BCUT2D eigenvalue weighted by molar-refractivity contribution is 6.04. The van der Waals surface area contributed by atoms with Crippen LogP contribution in [0.3, 0.4) is 0 Å². The largest absolute Gasteiger partial charge is 0.357 e. The number of carbonyl (C=O) groups excluding carboxylic acids is 1. The van der Waals surface area contributed by atoms with Gasteiger partial charge in [0, 0.05) is 55.8 Å². The van der Waals surface area contributed by atoms with Crippen molar-refractivity contribution >= 4 is 11.6 Å². The van der Waals surface area contributed by atoms with Gasteiger partial charge in [-0.1, -0.05) is 47.7 Å². The Morgan fingerprint density at radius 2 is 1.94 bits per heavy atom. The molecule has 2 aliphatic heterocycles. The third kappa shape index (κ3) is 7.55. The number of piperazine rings is 1. The zero-order chi connectivity index (χ0) is 23.6. The molecule has 0 aromatic heterocycles. The van der Waals surface area contributed by atoms with Crippen molar-refractivity contribution in [2.24, 2.45) is 5.16 Å². The first-order valence-corrected chi connectivity index (χ1v) is 11.7. The fourth-order valence-electron chi connectivity index (χ4n) is 3.79. The number of nitrogens with zero attached hydrogens (tertiary/aromatic N) is 3. The number of likely N-dealkylation sites (N-methyl/N-ethyl adjacent to an activating group) is 1. The van der Waals surface area contributed by atoms with Gasteiger partial charge in [-0.05, 0) is 52.1 Å². The second-order valence-corrected chi connectivity index (χ2v) is 8.75. The molecule has 6 nitrogen and oxygen atoms in total. The summed E-state index contributed by atoms with van der Waals surface area (Å²) in [5.41, 5.74) is 2.33. The molecule has 1 N–H and O–H groups in total. The van der Waals surface area contributed by atoms with E-state index in [0.29, 0.717) is 18.0 Å². The summed E-state index contributed by atoms with van der Waals surface area (Å²) in [5, 5.41) is 7.20. The molecular formula is C27H36N4O2. The molecule has 0 saturated carbocycles. The number of hydrogen-bond acceptors (Lipinski definition) is 5. The maximum Gasteiger partial charge on any atom is 0.251 e. The summed E-state index contributed by atoms with van der Waals surface area (Å²) in [7, 11) is 2.17. The Balaban J connectivity index is 1.55. The molecule has 0 aliphatic carbocycles. The van der Waals surface area contributed by atoms with Gasteiger partial charge in [0.05, 0.1) is 5.71 Å². The third-order valence-corrected chi connectivity index (χ3v) is 5.66. The molecule has 1 saturated heterocycles.